The first kappa shape index (κ1) is 25.2. The van der Waals surface area contributed by atoms with Crippen molar-refractivity contribution >= 4 is 5.78 Å². The first-order valence-corrected chi connectivity index (χ1v) is 11.0. The quantitative estimate of drug-likeness (QED) is 0.441. The van der Waals surface area contributed by atoms with Gasteiger partial charge in [-0.2, -0.15) is 0 Å². The molecule has 0 aliphatic heterocycles. The summed E-state index contributed by atoms with van der Waals surface area (Å²) in [6, 6.07) is 0. The average Bonchev–Trinajstić information content (AvgIpc) is 2.66. The van der Waals surface area contributed by atoms with Gasteiger partial charge >= 0.3 is 0 Å². The van der Waals surface area contributed by atoms with Gasteiger partial charge in [0, 0.05) is 11.8 Å². The molecule has 0 aromatic carbocycles. The SMILES string of the molecule is CCOC1=C(N)[C@@H](O)[C@@H](C/C=C(\C)CC/C=C(\C)CCC=C(C)C)[C@H](CC)C1=O. The normalized spacial score (nSPS) is 23.4. The zero-order valence-electron chi connectivity index (χ0n) is 19.3. The fraction of sp³-hybridized carbons (Fsp3) is 0.640. The van der Waals surface area contributed by atoms with Crippen LogP contribution in [0.15, 0.2) is 46.4 Å². The molecule has 4 nitrogen and oxygen atoms in total. The summed E-state index contributed by atoms with van der Waals surface area (Å²) in [5.74, 6) is -0.339. The highest BCUT2D eigenvalue weighted by Gasteiger charge is 2.41. The predicted molar refractivity (Wildman–Crippen MR) is 121 cm³/mol. The van der Waals surface area contributed by atoms with E-state index in [1.54, 1.807) is 0 Å². The molecular formula is C25H41NO3. The number of aliphatic hydroxyl groups is 1. The third-order valence-corrected chi connectivity index (χ3v) is 5.65. The molecule has 0 spiro atoms. The van der Waals surface area contributed by atoms with Gasteiger partial charge < -0.3 is 15.6 Å². The molecule has 3 N–H and O–H groups in total. The van der Waals surface area contributed by atoms with Gasteiger partial charge in [-0.15, -0.1) is 0 Å². The number of nitrogens with two attached hydrogens (primary N) is 1. The lowest BCUT2D eigenvalue weighted by atomic mass is 9.74. The third-order valence-electron chi connectivity index (χ3n) is 5.65. The second-order valence-corrected chi connectivity index (χ2v) is 8.40. The second kappa shape index (κ2) is 12.7. The second-order valence-electron chi connectivity index (χ2n) is 8.40. The highest BCUT2D eigenvalue weighted by Crippen LogP contribution is 2.35. The van der Waals surface area contributed by atoms with E-state index in [0.717, 1.165) is 25.7 Å². The lowest BCUT2D eigenvalue weighted by Gasteiger charge is -2.34. The van der Waals surface area contributed by atoms with Crippen LogP contribution in [-0.2, 0) is 9.53 Å². The zero-order valence-corrected chi connectivity index (χ0v) is 19.3. The minimum absolute atomic E-state index is 0.0665. The Balaban J connectivity index is 2.68. The molecule has 0 heterocycles. The van der Waals surface area contributed by atoms with E-state index >= 15 is 0 Å². The molecule has 4 heteroatoms. The van der Waals surface area contributed by atoms with Crippen LogP contribution in [0.1, 0.15) is 80.1 Å². The third kappa shape index (κ3) is 7.85. The van der Waals surface area contributed by atoms with Crippen LogP contribution in [-0.4, -0.2) is 23.6 Å². The number of ether oxygens (including phenoxy) is 1. The molecule has 0 bridgehead atoms. The molecule has 0 radical (unpaired) electrons. The molecule has 1 aliphatic carbocycles. The molecule has 164 valence electrons. The van der Waals surface area contributed by atoms with Crippen LogP contribution in [0.5, 0.6) is 0 Å². The van der Waals surface area contributed by atoms with E-state index in [9.17, 15) is 9.90 Å². The maximum absolute atomic E-state index is 12.7. The van der Waals surface area contributed by atoms with Crippen LogP contribution in [0.25, 0.3) is 0 Å². The van der Waals surface area contributed by atoms with Gasteiger partial charge in [-0.05, 0) is 73.1 Å². The van der Waals surface area contributed by atoms with E-state index < -0.39 is 6.10 Å². The van der Waals surface area contributed by atoms with Crippen LogP contribution in [0.2, 0.25) is 0 Å². The average molecular weight is 404 g/mol. The first-order chi connectivity index (χ1) is 13.7. The van der Waals surface area contributed by atoms with Gasteiger partial charge in [-0.3, -0.25) is 4.79 Å². The number of rotatable bonds is 11. The summed E-state index contributed by atoms with van der Waals surface area (Å²) < 4.78 is 5.42. The first-order valence-electron chi connectivity index (χ1n) is 11.0. The Morgan fingerprint density at radius 2 is 1.62 bits per heavy atom. The van der Waals surface area contributed by atoms with Crippen molar-refractivity contribution in [2.75, 3.05) is 6.61 Å². The van der Waals surface area contributed by atoms with Crippen LogP contribution in [0.3, 0.4) is 0 Å². The van der Waals surface area contributed by atoms with Gasteiger partial charge in [0.05, 0.1) is 12.3 Å². The molecule has 1 aliphatic rings. The Morgan fingerprint density at radius 3 is 2.17 bits per heavy atom. The molecular weight excluding hydrogens is 362 g/mol. The summed E-state index contributed by atoms with van der Waals surface area (Å²) in [5, 5.41) is 10.7. The van der Waals surface area contributed by atoms with E-state index in [4.69, 9.17) is 10.5 Å². The lowest BCUT2D eigenvalue weighted by Crippen LogP contribution is -2.43. The van der Waals surface area contributed by atoms with Crippen LogP contribution in [0, 0.1) is 11.8 Å². The number of ketones is 1. The van der Waals surface area contributed by atoms with Crippen molar-refractivity contribution in [3.8, 4) is 0 Å². The van der Waals surface area contributed by atoms with Gasteiger partial charge in [0.25, 0.3) is 0 Å². The Hall–Kier alpha value is -1.81. The van der Waals surface area contributed by atoms with Crippen molar-refractivity contribution in [3.05, 3.63) is 46.4 Å². The minimum atomic E-state index is -0.833. The van der Waals surface area contributed by atoms with Crippen molar-refractivity contribution in [3.63, 3.8) is 0 Å². The Kier molecular flexibility index (Phi) is 11.0. The molecule has 0 saturated carbocycles. The van der Waals surface area contributed by atoms with E-state index in [0.29, 0.717) is 19.4 Å². The summed E-state index contributed by atoms with van der Waals surface area (Å²) in [6.07, 6.45) is 11.5. The van der Waals surface area contributed by atoms with Gasteiger partial charge in [0.15, 0.2) is 5.76 Å². The summed E-state index contributed by atoms with van der Waals surface area (Å²) in [7, 11) is 0. The van der Waals surface area contributed by atoms with Crippen molar-refractivity contribution in [2.45, 2.75) is 86.2 Å². The largest absolute Gasteiger partial charge is 0.488 e. The molecule has 1 rings (SSSR count). The number of aliphatic hydroxyl groups excluding tert-OH is 1. The molecule has 29 heavy (non-hydrogen) atoms. The van der Waals surface area contributed by atoms with Crippen molar-refractivity contribution < 1.29 is 14.6 Å². The highest BCUT2D eigenvalue weighted by atomic mass is 16.5. The number of carbonyl (C=O) groups is 1. The molecule has 0 aromatic rings. The zero-order chi connectivity index (χ0) is 22.0. The molecule has 0 aromatic heterocycles. The van der Waals surface area contributed by atoms with Crippen molar-refractivity contribution in [2.24, 2.45) is 17.6 Å². The Morgan fingerprint density at radius 1 is 1.03 bits per heavy atom. The number of Topliss-reactive ketones (excluding diaryl/α,β-unsaturated/α-hetero) is 1. The maximum Gasteiger partial charge on any atom is 0.202 e. The highest BCUT2D eigenvalue weighted by molar-refractivity contribution is 5.97. The van der Waals surface area contributed by atoms with Gasteiger partial charge in [0.1, 0.15) is 6.10 Å². The summed E-state index contributed by atoms with van der Waals surface area (Å²) in [6.45, 7) is 12.7. The van der Waals surface area contributed by atoms with E-state index in [-0.39, 0.29) is 29.1 Å². The molecule has 0 saturated heterocycles. The number of allylic oxidation sites excluding steroid dienone is 7. The predicted octanol–water partition coefficient (Wildman–Crippen LogP) is 5.59. The number of hydrogen-bond acceptors (Lipinski definition) is 4. The Labute approximate surface area is 177 Å². The van der Waals surface area contributed by atoms with E-state index in [1.165, 1.54) is 16.7 Å². The van der Waals surface area contributed by atoms with E-state index in [2.05, 4.69) is 45.9 Å². The van der Waals surface area contributed by atoms with Crippen molar-refractivity contribution in [1.29, 1.82) is 0 Å². The van der Waals surface area contributed by atoms with Gasteiger partial charge in [-0.1, -0.05) is 41.9 Å². The summed E-state index contributed by atoms with van der Waals surface area (Å²) in [5.41, 5.74) is 10.3. The molecule has 0 amide bonds. The molecule has 0 unspecified atom stereocenters. The topological polar surface area (TPSA) is 72.6 Å². The number of hydrogen-bond donors (Lipinski definition) is 2. The monoisotopic (exact) mass is 403 g/mol. The summed E-state index contributed by atoms with van der Waals surface area (Å²) >= 11 is 0. The van der Waals surface area contributed by atoms with E-state index in [1.807, 2.05) is 13.8 Å². The molecule has 0 fully saturated rings. The van der Waals surface area contributed by atoms with Gasteiger partial charge in [-0.25, -0.2) is 0 Å². The smallest absolute Gasteiger partial charge is 0.202 e. The maximum atomic E-state index is 12.7. The van der Waals surface area contributed by atoms with Gasteiger partial charge in [0.2, 0.25) is 5.78 Å². The summed E-state index contributed by atoms with van der Waals surface area (Å²) in [4.78, 5) is 12.7. The van der Waals surface area contributed by atoms with Crippen molar-refractivity contribution in [1.82, 2.24) is 0 Å². The molecule has 3 atom stereocenters. The minimum Gasteiger partial charge on any atom is -0.488 e. The fourth-order valence-electron chi connectivity index (χ4n) is 3.85. The Bertz CT molecular complexity index is 666. The number of carbonyl (C=O) groups excluding carboxylic acids is 1. The van der Waals surface area contributed by atoms with Crippen LogP contribution in [0.4, 0.5) is 0 Å². The lowest BCUT2D eigenvalue weighted by molar-refractivity contribution is -0.128. The standard InChI is InChI=1S/C25H41NO3/c1-7-20-21(23(27)22(26)25(24(20)28)29-8-2)16-15-19(6)14-10-13-18(5)12-9-11-17(3)4/h11,13,15,20-21,23,27H,7-10,12,14,16,26H2,1-6H3/b18-13+,19-15+/t20-,21-,23-/m0/s1. The van der Waals surface area contributed by atoms with Crippen LogP contribution < -0.4 is 5.73 Å². The fourth-order valence-corrected chi connectivity index (χ4v) is 3.85. The van der Waals surface area contributed by atoms with Crippen LogP contribution >= 0.6 is 0 Å².